The van der Waals surface area contributed by atoms with E-state index in [1.807, 2.05) is 12.1 Å². The number of nitrogens with two attached hydrogens (primary N) is 1. The molecule has 2 aromatic rings. The molecule has 21 heavy (non-hydrogen) atoms. The van der Waals surface area contributed by atoms with E-state index in [0.29, 0.717) is 21.8 Å². The van der Waals surface area contributed by atoms with Crippen LogP contribution in [0.2, 0.25) is 10.0 Å². The lowest BCUT2D eigenvalue weighted by atomic mass is 10.1. The van der Waals surface area contributed by atoms with Crippen LogP contribution in [0.25, 0.3) is 11.3 Å². The van der Waals surface area contributed by atoms with Gasteiger partial charge in [0, 0.05) is 18.0 Å². The monoisotopic (exact) mass is 323 g/mol. The zero-order valence-electron chi connectivity index (χ0n) is 12.1. The van der Waals surface area contributed by atoms with Gasteiger partial charge in [0.15, 0.2) is 0 Å². The highest BCUT2D eigenvalue weighted by molar-refractivity contribution is 6.43. The summed E-state index contributed by atoms with van der Waals surface area (Å²) in [6.07, 6.45) is 4.63. The fourth-order valence-corrected chi connectivity index (χ4v) is 2.96. The molecule has 2 N–H and O–H groups in total. The van der Waals surface area contributed by atoms with E-state index in [2.05, 4.69) is 11.5 Å². The Bertz CT molecular complexity index is 660. The summed E-state index contributed by atoms with van der Waals surface area (Å²) < 4.78 is 2.16. The van der Waals surface area contributed by atoms with Crippen LogP contribution in [0.3, 0.4) is 0 Å². The molecular formula is C16H19Cl2N3. The van der Waals surface area contributed by atoms with E-state index >= 15 is 0 Å². The van der Waals surface area contributed by atoms with E-state index in [1.165, 1.54) is 12.8 Å². The van der Waals surface area contributed by atoms with Crippen LogP contribution < -0.4 is 5.73 Å². The molecule has 1 aliphatic rings. The molecule has 0 bridgehead atoms. The topological polar surface area (TPSA) is 43.8 Å². The van der Waals surface area contributed by atoms with Gasteiger partial charge in [0.25, 0.3) is 0 Å². The highest BCUT2D eigenvalue weighted by atomic mass is 35.5. The second-order valence-corrected chi connectivity index (χ2v) is 6.37. The van der Waals surface area contributed by atoms with E-state index in [0.717, 1.165) is 36.5 Å². The summed E-state index contributed by atoms with van der Waals surface area (Å²) >= 11 is 12.4. The SMILES string of the molecule is CCCCn1c(C2CC2)nc(-c2cccc(Cl)c2Cl)c1N. The van der Waals surface area contributed by atoms with Gasteiger partial charge < -0.3 is 10.3 Å². The Labute approximate surface area is 135 Å². The van der Waals surface area contributed by atoms with Gasteiger partial charge in [-0.3, -0.25) is 0 Å². The van der Waals surface area contributed by atoms with Crippen molar-refractivity contribution in [3.05, 3.63) is 34.1 Å². The zero-order valence-corrected chi connectivity index (χ0v) is 13.6. The smallest absolute Gasteiger partial charge is 0.131 e. The van der Waals surface area contributed by atoms with Crippen LogP contribution in [0.1, 0.15) is 44.3 Å². The first-order chi connectivity index (χ1) is 10.1. The summed E-state index contributed by atoms with van der Waals surface area (Å²) in [6, 6.07) is 5.58. The third-order valence-electron chi connectivity index (χ3n) is 3.92. The lowest BCUT2D eigenvalue weighted by molar-refractivity contribution is 0.609. The third-order valence-corrected chi connectivity index (χ3v) is 4.74. The number of hydrogen-bond donors (Lipinski definition) is 1. The van der Waals surface area contributed by atoms with Crippen molar-refractivity contribution in [1.82, 2.24) is 9.55 Å². The maximum atomic E-state index is 6.36. The molecule has 0 unspecified atom stereocenters. The Balaban J connectivity index is 2.08. The number of anilines is 1. The second-order valence-electron chi connectivity index (χ2n) is 5.58. The van der Waals surface area contributed by atoms with E-state index in [1.54, 1.807) is 6.07 Å². The second kappa shape index (κ2) is 5.90. The Kier molecular flexibility index (Phi) is 4.14. The van der Waals surface area contributed by atoms with Crippen molar-refractivity contribution in [2.45, 2.75) is 45.1 Å². The number of nitrogen functional groups attached to an aromatic ring is 1. The summed E-state index contributed by atoms with van der Waals surface area (Å²) in [5.74, 6) is 2.36. The summed E-state index contributed by atoms with van der Waals surface area (Å²) in [7, 11) is 0. The Morgan fingerprint density at radius 2 is 2.10 bits per heavy atom. The summed E-state index contributed by atoms with van der Waals surface area (Å²) in [6.45, 7) is 3.10. The molecule has 1 fully saturated rings. The number of rotatable bonds is 5. The van der Waals surface area contributed by atoms with Gasteiger partial charge in [-0.05, 0) is 25.3 Å². The van der Waals surface area contributed by atoms with Crippen molar-refractivity contribution in [2.24, 2.45) is 0 Å². The van der Waals surface area contributed by atoms with Gasteiger partial charge in [0.2, 0.25) is 0 Å². The van der Waals surface area contributed by atoms with E-state index in [4.69, 9.17) is 33.9 Å². The van der Waals surface area contributed by atoms with E-state index in [9.17, 15) is 0 Å². The third kappa shape index (κ3) is 2.77. The van der Waals surface area contributed by atoms with Crippen LogP contribution in [0.5, 0.6) is 0 Å². The predicted molar refractivity (Wildman–Crippen MR) is 89.0 cm³/mol. The highest BCUT2D eigenvalue weighted by Gasteiger charge is 2.31. The molecule has 3 nitrogen and oxygen atoms in total. The van der Waals surface area contributed by atoms with Crippen LogP contribution in [-0.2, 0) is 6.54 Å². The van der Waals surface area contributed by atoms with Crippen molar-refractivity contribution in [2.75, 3.05) is 5.73 Å². The first-order valence-corrected chi connectivity index (χ1v) is 8.19. The van der Waals surface area contributed by atoms with Gasteiger partial charge in [-0.1, -0.05) is 48.7 Å². The molecule has 1 aromatic heterocycles. The fraction of sp³-hybridized carbons (Fsp3) is 0.438. The molecule has 0 aliphatic heterocycles. The van der Waals surface area contributed by atoms with Crippen molar-refractivity contribution >= 4 is 29.0 Å². The first kappa shape index (κ1) is 14.7. The number of aromatic nitrogens is 2. The van der Waals surface area contributed by atoms with Gasteiger partial charge >= 0.3 is 0 Å². The van der Waals surface area contributed by atoms with Gasteiger partial charge in [0.1, 0.15) is 17.3 Å². The number of hydrogen-bond acceptors (Lipinski definition) is 2. The molecule has 3 rings (SSSR count). The van der Waals surface area contributed by atoms with Gasteiger partial charge in [-0.2, -0.15) is 0 Å². The summed E-state index contributed by atoms with van der Waals surface area (Å²) in [4.78, 5) is 4.79. The molecule has 0 atom stereocenters. The van der Waals surface area contributed by atoms with Gasteiger partial charge in [-0.25, -0.2) is 4.98 Å². The molecule has 1 heterocycles. The molecule has 0 saturated heterocycles. The van der Waals surface area contributed by atoms with E-state index in [-0.39, 0.29) is 0 Å². The number of halogens is 2. The molecular weight excluding hydrogens is 305 g/mol. The minimum Gasteiger partial charge on any atom is -0.383 e. The Morgan fingerprint density at radius 3 is 2.76 bits per heavy atom. The molecule has 1 saturated carbocycles. The fourth-order valence-electron chi connectivity index (χ4n) is 2.57. The van der Waals surface area contributed by atoms with E-state index < -0.39 is 0 Å². The quantitative estimate of drug-likeness (QED) is 0.830. The predicted octanol–water partition coefficient (Wildman–Crippen LogP) is 5.12. The first-order valence-electron chi connectivity index (χ1n) is 7.43. The van der Waals surface area contributed by atoms with Crippen LogP contribution in [0, 0.1) is 0 Å². The minimum absolute atomic E-state index is 0.522. The summed E-state index contributed by atoms with van der Waals surface area (Å²) in [5, 5.41) is 1.05. The standard InChI is InChI=1S/C16H19Cl2N3/c1-2-3-9-21-15(19)14(20-16(21)10-7-8-10)11-5-4-6-12(17)13(11)18/h4-6,10H,2-3,7-9,19H2,1H3. The van der Waals surface area contributed by atoms with Crippen molar-refractivity contribution in [1.29, 1.82) is 0 Å². The lowest BCUT2D eigenvalue weighted by Crippen LogP contribution is -2.06. The Morgan fingerprint density at radius 1 is 1.33 bits per heavy atom. The zero-order chi connectivity index (χ0) is 15.0. The molecule has 1 aromatic carbocycles. The molecule has 112 valence electrons. The molecule has 0 radical (unpaired) electrons. The van der Waals surface area contributed by atoms with Crippen LogP contribution in [0.4, 0.5) is 5.82 Å². The lowest BCUT2D eigenvalue weighted by Gasteiger charge is -2.09. The van der Waals surface area contributed by atoms with Crippen molar-refractivity contribution in [3.63, 3.8) is 0 Å². The van der Waals surface area contributed by atoms with Gasteiger partial charge in [0.05, 0.1) is 10.0 Å². The maximum Gasteiger partial charge on any atom is 0.131 e. The maximum absolute atomic E-state index is 6.36. The average molecular weight is 324 g/mol. The number of imidazole rings is 1. The van der Waals surface area contributed by atoms with Crippen LogP contribution >= 0.6 is 23.2 Å². The molecule has 1 aliphatic carbocycles. The average Bonchev–Trinajstić information content (AvgIpc) is 3.26. The van der Waals surface area contributed by atoms with Crippen molar-refractivity contribution in [3.8, 4) is 11.3 Å². The molecule has 0 spiro atoms. The molecule has 5 heteroatoms. The molecule has 0 amide bonds. The highest BCUT2D eigenvalue weighted by Crippen LogP contribution is 2.43. The number of unbranched alkanes of at least 4 members (excludes halogenated alkanes) is 1. The summed E-state index contributed by atoms with van der Waals surface area (Å²) in [5.41, 5.74) is 7.94. The van der Waals surface area contributed by atoms with Crippen molar-refractivity contribution < 1.29 is 0 Å². The van der Waals surface area contributed by atoms with Crippen LogP contribution in [0.15, 0.2) is 18.2 Å². The largest absolute Gasteiger partial charge is 0.383 e. The van der Waals surface area contributed by atoms with Crippen LogP contribution in [-0.4, -0.2) is 9.55 Å². The Hall–Kier alpha value is -1.19. The van der Waals surface area contributed by atoms with Gasteiger partial charge in [-0.15, -0.1) is 0 Å². The minimum atomic E-state index is 0.522. The normalized spacial score (nSPS) is 14.6. The number of nitrogens with zero attached hydrogens (tertiary/aromatic N) is 2. The number of benzene rings is 1.